The molecule has 3 N–H and O–H groups in total. The second kappa shape index (κ2) is 5.68. The molecular weight excluding hydrogens is 268 g/mol. The van der Waals surface area contributed by atoms with E-state index in [4.69, 9.17) is 5.73 Å². The van der Waals surface area contributed by atoms with Crippen LogP contribution in [0.4, 0.5) is 17.6 Å². The van der Waals surface area contributed by atoms with Crippen LogP contribution in [0.5, 0.6) is 0 Å². The van der Waals surface area contributed by atoms with Gasteiger partial charge in [-0.15, -0.1) is 0 Å². The molecule has 0 bridgehead atoms. The van der Waals surface area contributed by atoms with Crippen LogP contribution >= 0.6 is 0 Å². The zero-order chi connectivity index (χ0) is 14.6. The Labute approximate surface area is 105 Å². The van der Waals surface area contributed by atoms with Crippen molar-refractivity contribution >= 4 is 11.8 Å². The van der Waals surface area contributed by atoms with E-state index in [-0.39, 0.29) is 13.0 Å². The molecule has 0 atom stereocenters. The lowest BCUT2D eigenvalue weighted by atomic mass is 10.1. The Hall–Kier alpha value is -2.12. The highest BCUT2D eigenvalue weighted by Crippen LogP contribution is 2.32. The highest BCUT2D eigenvalue weighted by molar-refractivity contribution is 5.94. The Morgan fingerprint density at radius 3 is 2.42 bits per heavy atom. The molecule has 0 saturated carbocycles. The van der Waals surface area contributed by atoms with Gasteiger partial charge in [0.25, 0.3) is 5.91 Å². The summed E-state index contributed by atoms with van der Waals surface area (Å²) in [5.41, 5.74) is 2.56. The number of rotatable bonds is 4. The van der Waals surface area contributed by atoms with E-state index in [0.29, 0.717) is 6.07 Å². The van der Waals surface area contributed by atoms with Gasteiger partial charge in [-0.05, 0) is 12.1 Å². The molecule has 104 valence electrons. The third kappa shape index (κ3) is 3.94. The SMILES string of the molecule is NC(=O)CCNC(=O)c1cccc(C(F)(F)F)c1F. The molecule has 1 aromatic carbocycles. The summed E-state index contributed by atoms with van der Waals surface area (Å²) in [6.45, 7) is -0.177. The number of amides is 2. The molecule has 2 amide bonds. The molecule has 0 aliphatic rings. The van der Waals surface area contributed by atoms with Crippen molar-refractivity contribution in [2.75, 3.05) is 6.54 Å². The highest BCUT2D eigenvalue weighted by atomic mass is 19.4. The number of hydrogen-bond acceptors (Lipinski definition) is 2. The molecule has 0 fully saturated rings. The predicted molar refractivity (Wildman–Crippen MR) is 57.5 cm³/mol. The molecule has 1 aromatic rings. The van der Waals surface area contributed by atoms with Gasteiger partial charge in [0.05, 0.1) is 11.1 Å². The zero-order valence-corrected chi connectivity index (χ0v) is 9.55. The molecule has 0 radical (unpaired) electrons. The Morgan fingerprint density at radius 2 is 1.89 bits per heavy atom. The van der Waals surface area contributed by atoms with Gasteiger partial charge < -0.3 is 11.1 Å². The predicted octanol–water partition coefficient (Wildman–Crippen LogP) is 1.45. The zero-order valence-electron chi connectivity index (χ0n) is 9.55. The molecule has 0 saturated heterocycles. The normalized spacial score (nSPS) is 11.2. The number of carbonyl (C=O) groups excluding carboxylic acids is 2. The highest BCUT2D eigenvalue weighted by Gasteiger charge is 2.35. The van der Waals surface area contributed by atoms with Crippen LogP contribution in [0, 0.1) is 5.82 Å². The maximum atomic E-state index is 13.5. The van der Waals surface area contributed by atoms with Crippen LogP contribution in [0.25, 0.3) is 0 Å². The lowest BCUT2D eigenvalue weighted by Gasteiger charge is -2.11. The van der Waals surface area contributed by atoms with E-state index >= 15 is 0 Å². The molecule has 0 aromatic heterocycles. The van der Waals surface area contributed by atoms with E-state index in [1.807, 2.05) is 0 Å². The molecule has 1 rings (SSSR count). The van der Waals surface area contributed by atoms with Gasteiger partial charge in [-0.2, -0.15) is 13.2 Å². The summed E-state index contributed by atoms with van der Waals surface area (Å²) in [4.78, 5) is 21.9. The van der Waals surface area contributed by atoms with Crippen LogP contribution in [0.15, 0.2) is 18.2 Å². The Morgan fingerprint density at radius 1 is 1.26 bits per heavy atom. The average Bonchev–Trinajstić information content (AvgIpc) is 2.26. The van der Waals surface area contributed by atoms with E-state index in [1.165, 1.54) is 0 Å². The van der Waals surface area contributed by atoms with Crippen LogP contribution in [0.1, 0.15) is 22.3 Å². The molecule has 8 heteroatoms. The summed E-state index contributed by atoms with van der Waals surface area (Å²) in [6, 6.07) is 2.38. The minimum absolute atomic E-state index is 0.177. The van der Waals surface area contributed by atoms with Gasteiger partial charge in [0, 0.05) is 13.0 Å². The first kappa shape index (κ1) is 14.9. The summed E-state index contributed by atoms with van der Waals surface area (Å²) in [5.74, 6) is -3.37. The molecule has 0 aliphatic heterocycles. The van der Waals surface area contributed by atoms with Crippen molar-refractivity contribution in [2.24, 2.45) is 5.73 Å². The Bertz CT molecular complexity index is 500. The summed E-state index contributed by atoms with van der Waals surface area (Å²) in [5, 5.41) is 2.10. The third-order valence-electron chi connectivity index (χ3n) is 2.21. The number of primary amides is 1. The number of benzene rings is 1. The largest absolute Gasteiger partial charge is 0.419 e. The van der Waals surface area contributed by atoms with Crippen molar-refractivity contribution in [1.82, 2.24) is 5.32 Å². The minimum atomic E-state index is -4.88. The van der Waals surface area contributed by atoms with E-state index in [0.717, 1.165) is 12.1 Å². The molecule has 0 unspecified atom stereocenters. The van der Waals surface area contributed by atoms with Gasteiger partial charge in [-0.25, -0.2) is 4.39 Å². The standard InChI is InChI=1S/C11H10F4N2O2/c12-9-6(10(19)17-5-4-8(16)18)2-1-3-7(9)11(13,14)15/h1-3H,4-5H2,(H2,16,18)(H,17,19). The van der Waals surface area contributed by atoms with E-state index in [1.54, 1.807) is 0 Å². The molecule has 0 heterocycles. The van der Waals surface area contributed by atoms with Gasteiger partial charge >= 0.3 is 6.18 Å². The van der Waals surface area contributed by atoms with Gasteiger partial charge in [0.2, 0.25) is 5.91 Å². The smallest absolute Gasteiger partial charge is 0.370 e. The van der Waals surface area contributed by atoms with Crippen molar-refractivity contribution in [3.63, 3.8) is 0 Å². The molecule has 0 aliphatic carbocycles. The summed E-state index contributed by atoms with van der Waals surface area (Å²) >= 11 is 0. The van der Waals surface area contributed by atoms with Gasteiger partial charge in [0.1, 0.15) is 5.82 Å². The summed E-state index contributed by atoms with van der Waals surface area (Å²) in [6.07, 6.45) is -5.07. The third-order valence-corrected chi connectivity index (χ3v) is 2.21. The second-order valence-corrected chi connectivity index (χ2v) is 3.64. The molecule has 4 nitrogen and oxygen atoms in total. The van der Waals surface area contributed by atoms with E-state index in [9.17, 15) is 27.2 Å². The first-order valence-electron chi connectivity index (χ1n) is 5.15. The van der Waals surface area contributed by atoms with Crippen LogP contribution in [-0.2, 0) is 11.0 Å². The average molecular weight is 278 g/mol. The lowest BCUT2D eigenvalue weighted by Crippen LogP contribution is -2.29. The Balaban J connectivity index is 2.90. The fourth-order valence-electron chi connectivity index (χ4n) is 1.32. The van der Waals surface area contributed by atoms with Crippen LogP contribution in [-0.4, -0.2) is 18.4 Å². The summed E-state index contributed by atoms with van der Waals surface area (Å²) < 4.78 is 50.8. The van der Waals surface area contributed by atoms with Gasteiger partial charge in [-0.3, -0.25) is 9.59 Å². The number of halogens is 4. The maximum Gasteiger partial charge on any atom is 0.419 e. The molecular formula is C11H10F4N2O2. The lowest BCUT2D eigenvalue weighted by molar-refractivity contribution is -0.140. The number of alkyl halides is 3. The quantitative estimate of drug-likeness (QED) is 0.818. The topological polar surface area (TPSA) is 72.2 Å². The van der Waals surface area contributed by atoms with Gasteiger partial charge in [0.15, 0.2) is 0 Å². The maximum absolute atomic E-state index is 13.5. The number of carbonyl (C=O) groups is 2. The number of nitrogens with one attached hydrogen (secondary N) is 1. The Kier molecular flexibility index (Phi) is 4.47. The minimum Gasteiger partial charge on any atom is -0.370 e. The summed E-state index contributed by atoms with van der Waals surface area (Å²) in [7, 11) is 0. The van der Waals surface area contributed by atoms with Crippen molar-refractivity contribution in [3.8, 4) is 0 Å². The van der Waals surface area contributed by atoms with Crippen molar-refractivity contribution < 1.29 is 27.2 Å². The second-order valence-electron chi connectivity index (χ2n) is 3.64. The van der Waals surface area contributed by atoms with Gasteiger partial charge in [-0.1, -0.05) is 6.07 Å². The van der Waals surface area contributed by atoms with Crippen LogP contribution in [0.3, 0.4) is 0 Å². The fourth-order valence-corrected chi connectivity index (χ4v) is 1.32. The number of nitrogens with two attached hydrogens (primary N) is 1. The van der Waals surface area contributed by atoms with E-state index in [2.05, 4.69) is 5.32 Å². The monoisotopic (exact) mass is 278 g/mol. The van der Waals surface area contributed by atoms with E-state index < -0.39 is 34.9 Å². The van der Waals surface area contributed by atoms with Crippen molar-refractivity contribution in [1.29, 1.82) is 0 Å². The first-order chi connectivity index (χ1) is 8.73. The van der Waals surface area contributed by atoms with Crippen LogP contribution in [0.2, 0.25) is 0 Å². The molecule has 19 heavy (non-hydrogen) atoms. The van der Waals surface area contributed by atoms with Crippen LogP contribution < -0.4 is 11.1 Å². The number of hydrogen-bond donors (Lipinski definition) is 2. The first-order valence-corrected chi connectivity index (χ1v) is 5.15. The fraction of sp³-hybridized carbons (Fsp3) is 0.273. The molecule has 0 spiro atoms. The van der Waals surface area contributed by atoms with Crippen molar-refractivity contribution in [2.45, 2.75) is 12.6 Å². The van der Waals surface area contributed by atoms with Crippen molar-refractivity contribution in [3.05, 3.63) is 35.1 Å².